The van der Waals surface area contributed by atoms with Crippen LogP contribution in [0.5, 0.6) is 0 Å². The molecule has 17 rings (SSSR count). The van der Waals surface area contributed by atoms with E-state index in [9.17, 15) is 0 Å². The topological polar surface area (TPSA) is 11.4 Å². The van der Waals surface area contributed by atoms with Gasteiger partial charge in [-0.2, -0.15) is 0 Å². The third kappa shape index (κ3) is 9.85. The molecular formula is C92H74BN3Si. The Bertz CT molecular complexity index is 5200. The van der Waals surface area contributed by atoms with Gasteiger partial charge in [-0.1, -0.05) is 315 Å². The molecule has 0 amide bonds. The highest BCUT2D eigenvalue weighted by Crippen LogP contribution is 2.54. The number of rotatable bonds is 11. The fourth-order valence-corrected chi connectivity index (χ4v) is 20.8. The van der Waals surface area contributed by atoms with Crippen LogP contribution in [0.15, 0.2) is 340 Å². The summed E-state index contributed by atoms with van der Waals surface area (Å²) < 4.78 is 2.50. The molecule has 0 radical (unpaired) electrons. The number of hydrogen-bond acceptors (Lipinski definition) is 2. The van der Waals surface area contributed by atoms with Crippen LogP contribution in [0.3, 0.4) is 0 Å². The molecular weight excluding hydrogens is 1190 g/mol. The maximum atomic E-state index is 2.70. The van der Waals surface area contributed by atoms with Gasteiger partial charge in [-0.15, -0.1) is 0 Å². The van der Waals surface area contributed by atoms with E-state index >= 15 is 0 Å². The van der Waals surface area contributed by atoms with Crippen molar-refractivity contribution in [2.75, 3.05) is 9.80 Å². The molecule has 2 aliphatic heterocycles. The number of anilines is 6. The van der Waals surface area contributed by atoms with Crippen molar-refractivity contribution in [1.82, 2.24) is 4.57 Å². The van der Waals surface area contributed by atoms with Gasteiger partial charge in [0.1, 0.15) is 0 Å². The molecule has 3 heterocycles. The Hall–Kier alpha value is -11.2. The van der Waals surface area contributed by atoms with Crippen LogP contribution in [-0.4, -0.2) is 19.4 Å². The SMILES string of the molecule is CC(C)(C)c1cc(-c2ccccc2)c(N2c3ccc([Si](c4ccccc4)(c4ccccc4)c4ccccc4)cc3B3c4ccc(-n5c6ccccc6c6ccccc65)cc4N(c4c(-c5ccccc5)cc(C(C)(C)C)cc4-c4ccccc4)c4cccc2c43)c(-c2ccccc2)c1. The Morgan fingerprint density at radius 2 is 0.639 bits per heavy atom. The van der Waals surface area contributed by atoms with E-state index < -0.39 is 8.07 Å². The molecule has 0 unspecified atom stereocenters. The van der Waals surface area contributed by atoms with E-state index in [-0.39, 0.29) is 17.5 Å². The molecule has 3 nitrogen and oxygen atoms in total. The van der Waals surface area contributed by atoms with E-state index in [0.717, 1.165) is 62.1 Å². The highest BCUT2D eigenvalue weighted by molar-refractivity contribution is 7.20. The van der Waals surface area contributed by atoms with Crippen LogP contribution in [0.25, 0.3) is 72.0 Å². The van der Waals surface area contributed by atoms with Gasteiger partial charge in [0.25, 0.3) is 6.71 Å². The fraction of sp³-hybridized carbons (Fsp3) is 0.0870. The highest BCUT2D eigenvalue weighted by atomic mass is 28.3. The number of fused-ring (bicyclic) bond motifs is 7. The lowest BCUT2D eigenvalue weighted by atomic mass is 9.33. The molecule has 15 aromatic rings. The molecule has 1 aromatic heterocycles. The lowest BCUT2D eigenvalue weighted by Crippen LogP contribution is -2.75. The summed E-state index contributed by atoms with van der Waals surface area (Å²) in [5.74, 6) is 0. The maximum Gasteiger partial charge on any atom is 0.252 e. The van der Waals surface area contributed by atoms with Crippen molar-refractivity contribution < 1.29 is 0 Å². The summed E-state index contributed by atoms with van der Waals surface area (Å²) >= 11 is 0. The van der Waals surface area contributed by atoms with Gasteiger partial charge in [-0.05, 0) is 148 Å². The summed E-state index contributed by atoms with van der Waals surface area (Å²) in [5, 5.41) is 7.80. The second-order valence-corrected chi connectivity index (χ2v) is 32.2. The van der Waals surface area contributed by atoms with Gasteiger partial charge < -0.3 is 14.4 Å². The molecule has 0 bridgehead atoms. The first kappa shape index (κ1) is 59.5. The average molecular weight is 1260 g/mol. The van der Waals surface area contributed by atoms with Crippen LogP contribution in [0.4, 0.5) is 34.1 Å². The molecule has 0 N–H and O–H groups in total. The van der Waals surface area contributed by atoms with Crippen LogP contribution >= 0.6 is 0 Å². The zero-order valence-electron chi connectivity index (χ0n) is 55.8. The molecule has 0 aliphatic carbocycles. The summed E-state index contributed by atoms with van der Waals surface area (Å²) in [6.07, 6.45) is 0. The van der Waals surface area contributed by atoms with E-state index in [0.29, 0.717) is 0 Å². The fourth-order valence-electron chi connectivity index (χ4n) is 16.0. The molecule has 464 valence electrons. The molecule has 0 atom stereocenters. The van der Waals surface area contributed by atoms with Crippen molar-refractivity contribution in [3.05, 3.63) is 351 Å². The Kier molecular flexibility index (Phi) is 14.5. The third-order valence-corrected chi connectivity index (χ3v) is 25.4. The van der Waals surface area contributed by atoms with Gasteiger partial charge in [0, 0.05) is 61.5 Å². The third-order valence-electron chi connectivity index (χ3n) is 20.6. The predicted octanol–water partition coefficient (Wildman–Crippen LogP) is 19.5. The Morgan fingerprint density at radius 3 is 1.03 bits per heavy atom. The van der Waals surface area contributed by atoms with E-state index in [4.69, 9.17) is 0 Å². The first-order valence-corrected chi connectivity index (χ1v) is 36.2. The molecule has 5 heteroatoms. The zero-order valence-corrected chi connectivity index (χ0v) is 56.8. The van der Waals surface area contributed by atoms with Gasteiger partial charge in [0.05, 0.1) is 22.4 Å². The van der Waals surface area contributed by atoms with Crippen molar-refractivity contribution in [3.8, 4) is 50.2 Å². The minimum absolute atomic E-state index is 0.171. The van der Waals surface area contributed by atoms with E-state index in [1.54, 1.807) is 0 Å². The minimum atomic E-state index is -3.14. The van der Waals surface area contributed by atoms with Gasteiger partial charge in [-0.25, -0.2) is 0 Å². The molecule has 0 spiro atoms. The van der Waals surface area contributed by atoms with Crippen LogP contribution in [0.1, 0.15) is 52.7 Å². The number of benzene rings is 14. The van der Waals surface area contributed by atoms with Crippen LogP contribution < -0.4 is 46.9 Å². The second kappa shape index (κ2) is 23.6. The Morgan fingerprint density at radius 1 is 0.278 bits per heavy atom. The molecule has 97 heavy (non-hydrogen) atoms. The van der Waals surface area contributed by atoms with Crippen molar-refractivity contribution in [2.24, 2.45) is 0 Å². The zero-order chi connectivity index (χ0) is 65.6. The van der Waals surface area contributed by atoms with E-state index in [1.165, 1.54) is 92.3 Å². The van der Waals surface area contributed by atoms with Crippen LogP contribution in [0.2, 0.25) is 0 Å². The van der Waals surface area contributed by atoms with Crippen LogP contribution in [0, 0.1) is 0 Å². The summed E-state index contributed by atoms with van der Waals surface area (Å²) in [7, 11) is -3.14. The average Bonchev–Trinajstić information content (AvgIpc) is 0.950. The largest absolute Gasteiger partial charge is 0.310 e. The van der Waals surface area contributed by atoms with E-state index in [1.807, 2.05) is 0 Å². The first-order valence-electron chi connectivity index (χ1n) is 34.2. The Balaban J connectivity index is 1.06. The number of para-hydroxylation sites is 2. The monoisotopic (exact) mass is 1260 g/mol. The van der Waals surface area contributed by atoms with Crippen molar-refractivity contribution in [2.45, 2.75) is 52.4 Å². The van der Waals surface area contributed by atoms with Crippen molar-refractivity contribution >= 4 is 108 Å². The summed E-state index contributed by atoms with van der Waals surface area (Å²) in [6.45, 7) is 13.9. The summed E-state index contributed by atoms with van der Waals surface area (Å²) in [5.41, 5.74) is 25.6. The molecule has 14 aromatic carbocycles. The quantitative estimate of drug-likeness (QED) is 0.0944. The smallest absolute Gasteiger partial charge is 0.252 e. The van der Waals surface area contributed by atoms with Gasteiger partial charge in [0.2, 0.25) is 0 Å². The van der Waals surface area contributed by atoms with Crippen molar-refractivity contribution in [3.63, 3.8) is 0 Å². The highest BCUT2D eigenvalue weighted by Gasteiger charge is 2.48. The standard InChI is InChI=1S/C92H74BN3Si/c1-91(2,3)67-57-76(63-33-14-7-15-34-63)89(77(58-67)64-35-16-8-17-36-64)95-84-56-54-73(97(70-41-22-11-23-42-70,71-43-24-12-25-44-71)72-45-26-13-27-46-72)62-81(84)93-80-55-53-69(94-82-49-30-28-47-74(82)75-48-29-31-50-83(75)94)61-87(80)96(86-52-32-51-85(95)88(86)93)90-78(65-37-18-9-19-38-65)59-68(92(4,5)6)60-79(90)66-39-20-10-21-40-66/h7-62H,1-6H3. The second-order valence-electron chi connectivity index (χ2n) is 28.4. The molecule has 0 fully saturated rings. The molecule has 2 aliphatic rings. The van der Waals surface area contributed by atoms with Gasteiger partial charge in [-0.3, -0.25) is 0 Å². The number of aromatic nitrogens is 1. The lowest BCUT2D eigenvalue weighted by Gasteiger charge is -2.46. The predicted molar refractivity (Wildman–Crippen MR) is 418 cm³/mol. The maximum absolute atomic E-state index is 3.14. The van der Waals surface area contributed by atoms with Gasteiger partial charge >= 0.3 is 0 Å². The number of nitrogens with zero attached hydrogens (tertiary/aromatic N) is 3. The number of hydrogen-bond donors (Lipinski definition) is 0. The lowest BCUT2D eigenvalue weighted by molar-refractivity contribution is 0.590. The minimum Gasteiger partial charge on any atom is -0.310 e. The first-order chi connectivity index (χ1) is 47.4. The molecule has 0 saturated heterocycles. The Labute approximate surface area is 572 Å². The van der Waals surface area contributed by atoms with E-state index in [2.05, 4.69) is 396 Å². The normalized spacial score (nSPS) is 12.8. The summed E-state index contributed by atoms with van der Waals surface area (Å²) in [6, 6.07) is 129. The van der Waals surface area contributed by atoms with Crippen molar-refractivity contribution in [1.29, 1.82) is 0 Å². The van der Waals surface area contributed by atoms with Crippen LogP contribution in [-0.2, 0) is 10.8 Å². The molecule has 0 saturated carbocycles. The van der Waals surface area contributed by atoms with Gasteiger partial charge in [0.15, 0.2) is 8.07 Å². The summed E-state index contributed by atoms with van der Waals surface area (Å²) in [4.78, 5) is 5.39.